The molecular weight excluding hydrogens is 146 g/mol. The Morgan fingerprint density at radius 3 is 2.17 bits per heavy atom. The highest BCUT2D eigenvalue weighted by molar-refractivity contribution is 4.71. The highest BCUT2D eigenvalue weighted by Gasteiger charge is 2.13. The fraction of sp³-hybridized carbons (Fsp3) is 1.00. The molecule has 3 unspecified atom stereocenters. The van der Waals surface area contributed by atoms with Crippen LogP contribution in [0.2, 0.25) is 0 Å². The van der Waals surface area contributed by atoms with E-state index in [4.69, 9.17) is 5.73 Å². The minimum absolute atomic E-state index is 0.417. The van der Waals surface area contributed by atoms with Gasteiger partial charge in [0.2, 0.25) is 0 Å². The quantitative estimate of drug-likeness (QED) is 0.652. The molecule has 0 spiro atoms. The van der Waals surface area contributed by atoms with E-state index in [-0.39, 0.29) is 0 Å². The van der Waals surface area contributed by atoms with Gasteiger partial charge in [-0.15, -0.1) is 0 Å². The molecule has 1 nitrogen and oxygen atoms in total. The van der Waals surface area contributed by atoms with Crippen molar-refractivity contribution in [1.29, 1.82) is 0 Å². The molecule has 0 rings (SSSR count). The number of hydrogen-bond donors (Lipinski definition) is 1. The van der Waals surface area contributed by atoms with E-state index in [2.05, 4.69) is 27.7 Å². The van der Waals surface area contributed by atoms with Crippen LogP contribution < -0.4 is 5.73 Å². The minimum Gasteiger partial charge on any atom is -0.327 e. The van der Waals surface area contributed by atoms with E-state index in [1.807, 2.05) is 0 Å². The second-order valence-electron chi connectivity index (χ2n) is 4.18. The Bertz CT molecular complexity index is 101. The average Bonchev–Trinajstić information content (AvgIpc) is 2.04. The van der Waals surface area contributed by atoms with Crippen LogP contribution in [0.25, 0.3) is 0 Å². The second-order valence-corrected chi connectivity index (χ2v) is 4.18. The van der Waals surface area contributed by atoms with E-state index in [0.29, 0.717) is 12.0 Å². The lowest BCUT2D eigenvalue weighted by atomic mass is 9.89. The predicted octanol–water partition coefficient (Wildman–Crippen LogP) is 3.19. The Morgan fingerprint density at radius 2 is 1.75 bits per heavy atom. The highest BCUT2D eigenvalue weighted by Crippen LogP contribution is 2.17. The Morgan fingerprint density at radius 1 is 1.17 bits per heavy atom. The monoisotopic (exact) mass is 171 g/mol. The van der Waals surface area contributed by atoms with Crippen LogP contribution in [-0.2, 0) is 0 Å². The molecule has 0 bridgehead atoms. The van der Waals surface area contributed by atoms with Gasteiger partial charge in [0.05, 0.1) is 0 Å². The van der Waals surface area contributed by atoms with Crippen molar-refractivity contribution >= 4 is 0 Å². The van der Waals surface area contributed by atoms with Crippen molar-refractivity contribution < 1.29 is 0 Å². The third-order valence-electron chi connectivity index (χ3n) is 2.85. The zero-order valence-electron chi connectivity index (χ0n) is 9.14. The van der Waals surface area contributed by atoms with Crippen molar-refractivity contribution in [2.24, 2.45) is 17.6 Å². The van der Waals surface area contributed by atoms with Crippen molar-refractivity contribution in [1.82, 2.24) is 0 Å². The van der Waals surface area contributed by atoms with E-state index in [1.165, 1.54) is 25.7 Å². The van der Waals surface area contributed by atoms with Crippen LogP contribution in [0.1, 0.15) is 53.4 Å². The van der Waals surface area contributed by atoms with Crippen LogP contribution >= 0.6 is 0 Å². The van der Waals surface area contributed by atoms with Crippen LogP contribution in [-0.4, -0.2) is 6.04 Å². The van der Waals surface area contributed by atoms with Gasteiger partial charge in [0.1, 0.15) is 0 Å². The summed E-state index contributed by atoms with van der Waals surface area (Å²) in [6.45, 7) is 9.03. The van der Waals surface area contributed by atoms with E-state index >= 15 is 0 Å². The summed E-state index contributed by atoms with van der Waals surface area (Å²) in [5.74, 6) is 1.49. The van der Waals surface area contributed by atoms with Crippen LogP contribution in [0.15, 0.2) is 0 Å². The lowest BCUT2D eigenvalue weighted by molar-refractivity contribution is 0.349. The van der Waals surface area contributed by atoms with Crippen LogP contribution in [0.3, 0.4) is 0 Å². The fourth-order valence-corrected chi connectivity index (χ4v) is 1.53. The molecule has 2 N–H and O–H groups in total. The predicted molar refractivity (Wildman–Crippen MR) is 56.1 cm³/mol. The van der Waals surface area contributed by atoms with Crippen molar-refractivity contribution in [3.8, 4) is 0 Å². The van der Waals surface area contributed by atoms with Gasteiger partial charge in [0, 0.05) is 6.04 Å². The van der Waals surface area contributed by atoms with Gasteiger partial charge in [0.25, 0.3) is 0 Å². The molecule has 0 fully saturated rings. The molecule has 74 valence electrons. The van der Waals surface area contributed by atoms with Gasteiger partial charge in [0.15, 0.2) is 0 Å². The zero-order valence-corrected chi connectivity index (χ0v) is 9.14. The van der Waals surface area contributed by atoms with Crippen molar-refractivity contribution in [3.63, 3.8) is 0 Å². The lowest BCUT2D eigenvalue weighted by Crippen LogP contribution is -2.30. The van der Waals surface area contributed by atoms with Crippen molar-refractivity contribution in [2.45, 2.75) is 59.4 Å². The summed E-state index contributed by atoms with van der Waals surface area (Å²) in [5, 5.41) is 0. The van der Waals surface area contributed by atoms with Crippen molar-refractivity contribution in [2.75, 3.05) is 0 Å². The van der Waals surface area contributed by atoms with Crippen LogP contribution in [0.4, 0.5) is 0 Å². The summed E-state index contributed by atoms with van der Waals surface area (Å²) in [5.41, 5.74) is 6.08. The maximum Gasteiger partial charge on any atom is 0.00670 e. The molecule has 0 aromatic rings. The van der Waals surface area contributed by atoms with E-state index in [0.717, 1.165) is 5.92 Å². The SMILES string of the molecule is CCCC(C)C(N)CC(C)CC. The third kappa shape index (κ3) is 4.76. The van der Waals surface area contributed by atoms with Gasteiger partial charge < -0.3 is 5.73 Å². The summed E-state index contributed by atoms with van der Waals surface area (Å²) in [4.78, 5) is 0. The molecule has 0 aliphatic heterocycles. The lowest BCUT2D eigenvalue weighted by Gasteiger charge is -2.22. The molecule has 0 saturated carbocycles. The largest absolute Gasteiger partial charge is 0.327 e. The smallest absolute Gasteiger partial charge is 0.00670 e. The molecule has 0 aromatic heterocycles. The Hall–Kier alpha value is -0.0400. The summed E-state index contributed by atoms with van der Waals surface area (Å²) in [6.07, 6.45) is 4.98. The first-order chi connectivity index (χ1) is 5.61. The number of hydrogen-bond acceptors (Lipinski definition) is 1. The fourth-order valence-electron chi connectivity index (χ4n) is 1.53. The van der Waals surface area contributed by atoms with Gasteiger partial charge in [-0.2, -0.15) is 0 Å². The first-order valence-electron chi connectivity index (χ1n) is 5.37. The second kappa shape index (κ2) is 6.47. The molecule has 0 heterocycles. The molecule has 1 heteroatoms. The first kappa shape index (κ1) is 12.0. The van der Waals surface area contributed by atoms with Crippen LogP contribution in [0.5, 0.6) is 0 Å². The van der Waals surface area contributed by atoms with Gasteiger partial charge in [-0.05, 0) is 24.7 Å². The maximum atomic E-state index is 6.08. The van der Waals surface area contributed by atoms with Crippen molar-refractivity contribution in [3.05, 3.63) is 0 Å². The molecule has 0 radical (unpaired) electrons. The van der Waals surface area contributed by atoms with E-state index in [9.17, 15) is 0 Å². The average molecular weight is 171 g/mol. The Balaban J connectivity index is 3.62. The molecule has 0 aliphatic carbocycles. The summed E-state index contributed by atoms with van der Waals surface area (Å²) >= 11 is 0. The van der Waals surface area contributed by atoms with Crippen LogP contribution in [0, 0.1) is 11.8 Å². The molecule has 3 atom stereocenters. The number of rotatable bonds is 6. The summed E-state index contributed by atoms with van der Waals surface area (Å²) in [7, 11) is 0. The molecule has 12 heavy (non-hydrogen) atoms. The topological polar surface area (TPSA) is 26.0 Å². The maximum absolute atomic E-state index is 6.08. The van der Waals surface area contributed by atoms with Gasteiger partial charge in [-0.1, -0.05) is 40.5 Å². The highest BCUT2D eigenvalue weighted by atomic mass is 14.6. The third-order valence-corrected chi connectivity index (χ3v) is 2.85. The molecule has 0 aliphatic rings. The molecule has 0 saturated heterocycles. The number of nitrogens with two attached hydrogens (primary N) is 1. The summed E-state index contributed by atoms with van der Waals surface area (Å²) < 4.78 is 0. The molecular formula is C11H25N. The van der Waals surface area contributed by atoms with E-state index < -0.39 is 0 Å². The van der Waals surface area contributed by atoms with Gasteiger partial charge in [-0.25, -0.2) is 0 Å². The molecule has 0 aromatic carbocycles. The minimum atomic E-state index is 0.417. The van der Waals surface area contributed by atoms with Gasteiger partial charge >= 0.3 is 0 Å². The first-order valence-corrected chi connectivity index (χ1v) is 5.37. The van der Waals surface area contributed by atoms with Gasteiger partial charge in [-0.3, -0.25) is 0 Å². The standard InChI is InChI=1S/C11H25N/c1-5-7-10(4)11(12)8-9(3)6-2/h9-11H,5-8,12H2,1-4H3. The normalized spacial score (nSPS) is 18.8. The summed E-state index contributed by atoms with van der Waals surface area (Å²) in [6, 6.07) is 0.417. The Kier molecular flexibility index (Phi) is 6.45. The van der Waals surface area contributed by atoms with E-state index in [1.54, 1.807) is 0 Å². The molecule has 0 amide bonds. The Labute approximate surface area is 77.7 Å². The zero-order chi connectivity index (χ0) is 9.56.